The van der Waals surface area contributed by atoms with Gasteiger partial charge in [-0.2, -0.15) is 0 Å². The Morgan fingerprint density at radius 3 is 2.36 bits per heavy atom. The van der Waals surface area contributed by atoms with E-state index in [1.54, 1.807) is 19.1 Å². The molecule has 22 heavy (non-hydrogen) atoms. The summed E-state index contributed by atoms with van der Waals surface area (Å²) in [6.07, 6.45) is 0.367. The quantitative estimate of drug-likeness (QED) is 0.868. The van der Waals surface area contributed by atoms with Crippen LogP contribution < -0.4 is 0 Å². The van der Waals surface area contributed by atoms with Crippen LogP contribution in [-0.4, -0.2) is 20.7 Å². The molecule has 1 aromatic heterocycles. The molecule has 4 nitrogen and oxygen atoms in total. The molecule has 0 saturated carbocycles. The van der Waals surface area contributed by atoms with Crippen LogP contribution in [0.2, 0.25) is 0 Å². The minimum atomic E-state index is -0.929. The maximum Gasteiger partial charge on any atom is 0.335 e. The zero-order valence-electron chi connectivity index (χ0n) is 14.0. The second-order valence-electron chi connectivity index (χ2n) is 6.25. The van der Waals surface area contributed by atoms with Gasteiger partial charge in [-0.05, 0) is 43.9 Å². The molecule has 1 unspecified atom stereocenters. The number of aliphatic hydroxyl groups is 1. The minimum absolute atomic E-state index is 0.216. The number of aromatic carboxylic acids is 1. The van der Waals surface area contributed by atoms with Gasteiger partial charge in [0.2, 0.25) is 0 Å². The average Bonchev–Trinajstić information content (AvgIpc) is 2.70. The molecule has 2 rings (SSSR count). The molecular weight excluding hydrogens is 278 g/mol. The van der Waals surface area contributed by atoms with Gasteiger partial charge in [-0.1, -0.05) is 20.8 Å². The predicted molar refractivity (Wildman–Crippen MR) is 88.6 cm³/mol. The van der Waals surface area contributed by atoms with E-state index in [0.29, 0.717) is 0 Å². The number of benzene rings is 1. The Balaban J connectivity index is 2.96. The van der Waals surface area contributed by atoms with Crippen LogP contribution in [0.4, 0.5) is 0 Å². The molecule has 1 aromatic carbocycles. The van der Waals surface area contributed by atoms with Crippen molar-refractivity contribution in [1.29, 1.82) is 0 Å². The van der Waals surface area contributed by atoms with E-state index in [4.69, 9.17) is 0 Å². The van der Waals surface area contributed by atoms with Crippen molar-refractivity contribution < 1.29 is 15.0 Å². The normalized spacial score (nSPS) is 13.0. The average molecular weight is 303 g/mol. The van der Waals surface area contributed by atoms with Crippen molar-refractivity contribution in [1.82, 2.24) is 4.57 Å². The first-order chi connectivity index (χ1) is 10.3. The van der Waals surface area contributed by atoms with Crippen molar-refractivity contribution in [2.75, 3.05) is 0 Å². The molecule has 1 atom stereocenters. The second-order valence-corrected chi connectivity index (χ2v) is 6.25. The van der Waals surface area contributed by atoms with E-state index in [1.807, 2.05) is 6.92 Å². The van der Waals surface area contributed by atoms with Gasteiger partial charge in [0, 0.05) is 23.2 Å². The molecule has 0 spiro atoms. The summed E-state index contributed by atoms with van der Waals surface area (Å²) in [4.78, 5) is 11.4. The lowest BCUT2D eigenvalue weighted by atomic mass is 9.95. The molecule has 0 radical (unpaired) electrons. The summed E-state index contributed by atoms with van der Waals surface area (Å²) in [5.41, 5.74) is 4.24. The molecule has 0 aliphatic rings. The van der Waals surface area contributed by atoms with E-state index in [1.165, 1.54) is 0 Å². The molecule has 0 aliphatic carbocycles. The third-order valence-electron chi connectivity index (χ3n) is 4.23. The Bertz CT molecular complexity index is 711. The Labute approximate surface area is 131 Å². The van der Waals surface area contributed by atoms with Crippen LogP contribution in [-0.2, 0) is 6.54 Å². The first-order valence-corrected chi connectivity index (χ1v) is 7.87. The highest BCUT2D eigenvalue weighted by molar-refractivity contribution is 5.97. The van der Waals surface area contributed by atoms with Crippen molar-refractivity contribution >= 4 is 16.9 Å². The maximum absolute atomic E-state index is 11.4. The van der Waals surface area contributed by atoms with Crippen LogP contribution in [0.5, 0.6) is 0 Å². The van der Waals surface area contributed by atoms with Gasteiger partial charge < -0.3 is 14.8 Å². The fraction of sp³-hybridized carbons (Fsp3) is 0.500. The first-order valence-electron chi connectivity index (χ1n) is 7.87. The Kier molecular flexibility index (Phi) is 4.61. The van der Waals surface area contributed by atoms with E-state index < -0.39 is 12.1 Å². The maximum atomic E-state index is 11.4. The largest absolute Gasteiger partial charge is 0.478 e. The standard InChI is InChI=1S/C18H25NO3/c1-6-7-19-11(4)16(12(5)20)15-9-13(18(21)22)8-14(10(2)3)17(15)19/h8-10,12,20H,6-7H2,1-5H3,(H,21,22). The third-order valence-corrected chi connectivity index (χ3v) is 4.23. The molecule has 0 bridgehead atoms. The van der Waals surface area contributed by atoms with Crippen molar-refractivity contribution in [3.63, 3.8) is 0 Å². The lowest BCUT2D eigenvalue weighted by Crippen LogP contribution is -2.04. The van der Waals surface area contributed by atoms with Crippen LogP contribution in [0.25, 0.3) is 10.9 Å². The van der Waals surface area contributed by atoms with Gasteiger partial charge in [0.1, 0.15) is 0 Å². The van der Waals surface area contributed by atoms with E-state index >= 15 is 0 Å². The highest BCUT2D eigenvalue weighted by Crippen LogP contribution is 2.36. The smallest absolute Gasteiger partial charge is 0.335 e. The minimum Gasteiger partial charge on any atom is -0.478 e. The highest BCUT2D eigenvalue weighted by atomic mass is 16.4. The molecule has 1 heterocycles. The predicted octanol–water partition coefficient (Wildman–Crippen LogP) is 4.23. The lowest BCUT2D eigenvalue weighted by molar-refractivity contribution is 0.0697. The van der Waals surface area contributed by atoms with Crippen molar-refractivity contribution in [2.45, 2.75) is 59.6 Å². The van der Waals surface area contributed by atoms with Crippen molar-refractivity contribution in [3.05, 3.63) is 34.5 Å². The first kappa shape index (κ1) is 16.6. The van der Waals surface area contributed by atoms with E-state index in [-0.39, 0.29) is 11.5 Å². The lowest BCUT2D eigenvalue weighted by Gasteiger charge is -2.14. The number of hydrogen-bond acceptors (Lipinski definition) is 2. The number of rotatable bonds is 5. The van der Waals surface area contributed by atoms with Crippen LogP contribution in [0.1, 0.15) is 73.3 Å². The van der Waals surface area contributed by atoms with Gasteiger partial charge in [-0.3, -0.25) is 0 Å². The van der Waals surface area contributed by atoms with Crippen LogP contribution in [0, 0.1) is 6.92 Å². The van der Waals surface area contributed by atoms with Gasteiger partial charge >= 0.3 is 5.97 Å². The number of aliphatic hydroxyl groups excluding tert-OH is 1. The summed E-state index contributed by atoms with van der Waals surface area (Å²) in [6, 6.07) is 3.47. The Morgan fingerprint density at radius 2 is 1.91 bits per heavy atom. The molecule has 2 N–H and O–H groups in total. The van der Waals surface area contributed by atoms with E-state index in [2.05, 4.69) is 25.3 Å². The number of carbonyl (C=O) groups is 1. The topological polar surface area (TPSA) is 62.5 Å². The van der Waals surface area contributed by atoms with Gasteiger partial charge in [0.25, 0.3) is 0 Å². The zero-order valence-corrected chi connectivity index (χ0v) is 14.0. The zero-order chi connectivity index (χ0) is 16.6. The summed E-state index contributed by atoms with van der Waals surface area (Å²) >= 11 is 0. The Morgan fingerprint density at radius 1 is 1.27 bits per heavy atom. The number of hydrogen-bond donors (Lipinski definition) is 2. The van der Waals surface area contributed by atoms with Crippen LogP contribution in [0.3, 0.4) is 0 Å². The van der Waals surface area contributed by atoms with Gasteiger partial charge in [0.15, 0.2) is 0 Å². The number of carboxylic acid groups (broad SMARTS) is 1. The summed E-state index contributed by atoms with van der Waals surface area (Å²) in [7, 11) is 0. The summed E-state index contributed by atoms with van der Waals surface area (Å²) in [5, 5.41) is 20.4. The molecule has 0 fully saturated rings. The number of fused-ring (bicyclic) bond motifs is 1. The van der Waals surface area contributed by atoms with Crippen molar-refractivity contribution in [2.24, 2.45) is 0 Å². The van der Waals surface area contributed by atoms with Gasteiger partial charge in [0.05, 0.1) is 17.2 Å². The molecule has 120 valence electrons. The van der Waals surface area contributed by atoms with Gasteiger partial charge in [-0.25, -0.2) is 4.79 Å². The Hall–Kier alpha value is -1.81. The molecular formula is C18H25NO3. The molecule has 0 aliphatic heterocycles. The number of aryl methyl sites for hydroxylation is 1. The summed E-state index contributed by atoms with van der Waals surface area (Å²) in [5.74, 6) is -0.713. The number of nitrogens with zero attached hydrogens (tertiary/aromatic N) is 1. The molecule has 0 amide bonds. The molecule has 2 aromatic rings. The number of aromatic nitrogens is 1. The van der Waals surface area contributed by atoms with E-state index in [9.17, 15) is 15.0 Å². The monoisotopic (exact) mass is 303 g/mol. The molecule has 4 heteroatoms. The molecule has 0 saturated heterocycles. The third kappa shape index (κ3) is 2.63. The van der Waals surface area contributed by atoms with E-state index in [0.717, 1.165) is 40.7 Å². The second kappa shape index (κ2) is 6.13. The van der Waals surface area contributed by atoms with Crippen molar-refractivity contribution in [3.8, 4) is 0 Å². The fourth-order valence-corrected chi connectivity index (χ4v) is 3.27. The van der Waals surface area contributed by atoms with Gasteiger partial charge in [-0.15, -0.1) is 0 Å². The summed E-state index contributed by atoms with van der Waals surface area (Å²) in [6.45, 7) is 10.9. The SMILES string of the molecule is CCCn1c(C)c(C(C)O)c2cc(C(=O)O)cc(C(C)C)c21. The summed E-state index contributed by atoms with van der Waals surface area (Å²) < 4.78 is 2.22. The van der Waals surface area contributed by atoms with Crippen LogP contribution in [0.15, 0.2) is 12.1 Å². The fourth-order valence-electron chi connectivity index (χ4n) is 3.27. The number of carboxylic acids is 1. The van der Waals surface area contributed by atoms with Crippen LogP contribution >= 0.6 is 0 Å². The highest BCUT2D eigenvalue weighted by Gasteiger charge is 2.22.